The molecule has 0 amide bonds. The fourth-order valence-corrected chi connectivity index (χ4v) is 0.897. The Kier molecular flexibility index (Phi) is 3.93. The highest BCUT2D eigenvalue weighted by molar-refractivity contribution is 6.00. The molecular weight excluding hydrogens is 128 g/mol. The van der Waals surface area contributed by atoms with E-state index in [4.69, 9.17) is 0 Å². The summed E-state index contributed by atoms with van der Waals surface area (Å²) < 4.78 is 0. The standard InChI is InChI=1S/C8H13O2/c1-4-5-8(6(2)9)7(3)10/h8H,1,4-5H2,2-3H3. The summed E-state index contributed by atoms with van der Waals surface area (Å²) in [6.45, 7) is 6.48. The highest BCUT2D eigenvalue weighted by atomic mass is 16.1. The minimum atomic E-state index is -0.405. The van der Waals surface area contributed by atoms with Crippen molar-refractivity contribution < 1.29 is 9.59 Å². The van der Waals surface area contributed by atoms with Gasteiger partial charge in [0.2, 0.25) is 0 Å². The van der Waals surface area contributed by atoms with Crippen LogP contribution in [0.2, 0.25) is 0 Å². The summed E-state index contributed by atoms with van der Waals surface area (Å²) in [4.78, 5) is 21.5. The lowest BCUT2D eigenvalue weighted by molar-refractivity contribution is -0.130. The van der Waals surface area contributed by atoms with Crippen LogP contribution in [0.25, 0.3) is 0 Å². The van der Waals surface area contributed by atoms with Gasteiger partial charge >= 0.3 is 0 Å². The third kappa shape index (κ3) is 2.76. The SMILES string of the molecule is [CH2]CCC(C(C)=O)C(C)=O. The van der Waals surface area contributed by atoms with Crippen LogP contribution in [-0.4, -0.2) is 11.6 Å². The molecule has 0 fully saturated rings. The molecule has 0 bridgehead atoms. The van der Waals surface area contributed by atoms with Crippen LogP contribution in [0, 0.1) is 12.8 Å². The Morgan fingerprint density at radius 1 is 1.30 bits per heavy atom. The lowest BCUT2D eigenvalue weighted by atomic mass is 9.96. The van der Waals surface area contributed by atoms with Gasteiger partial charge < -0.3 is 0 Å². The zero-order valence-corrected chi connectivity index (χ0v) is 6.52. The Morgan fingerprint density at radius 2 is 1.70 bits per heavy atom. The lowest BCUT2D eigenvalue weighted by Crippen LogP contribution is -2.18. The van der Waals surface area contributed by atoms with Gasteiger partial charge in [0.1, 0.15) is 11.6 Å². The van der Waals surface area contributed by atoms with Crippen LogP contribution in [0.3, 0.4) is 0 Å². The predicted octanol–water partition coefficient (Wildman–Crippen LogP) is 1.39. The molecule has 0 saturated heterocycles. The molecule has 0 aromatic heterocycles. The van der Waals surface area contributed by atoms with E-state index in [2.05, 4.69) is 6.92 Å². The Labute approximate surface area is 61.6 Å². The van der Waals surface area contributed by atoms with E-state index >= 15 is 0 Å². The summed E-state index contributed by atoms with van der Waals surface area (Å²) in [5.41, 5.74) is 0. The fourth-order valence-electron chi connectivity index (χ4n) is 0.897. The molecule has 0 spiro atoms. The van der Waals surface area contributed by atoms with Gasteiger partial charge in [0.15, 0.2) is 0 Å². The maximum atomic E-state index is 10.7. The van der Waals surface area contributed by atoms with Crippen molar-refractivity contribution in [2.75, 3.05) is 0 Å². The molecule has 0 atom stereocenters. The third-order valence-electron chi connectivity index (χ3n) is 1.47. The molecule has 0 aliphatic heterocycles. The molecule has 1 radical (unpaired) electrons. The molecule has 0 heterocycles. The van der Waals surface area contributed by atoms with Crippen molar-refractivity contribution in [2.24, 2.45) is 5.92 Å². The average molecular weight is 141 g/mol. The van der Waals surface area contributed by atoms with Gasteiger partial charge in [-0.15, -0.1) is 0 Å². The van der Waals surface area contributed by atoms with E-state index < -0.39 is 5.92 Å². The molecule has 0 N–H and O–H groups in total. The van der Waals surface area contributed by atoms with Crippen LogP contribution in [0.4, 0.5) is 0 Å². The highest BCUT2D eigenvalue weighted by Gasteiger charge is 2.17. The maximum Gasteiger partial charge on any atom is 0.140 e. The summed E-state index contributed by atoms with van der Waals surface area (Å²) in [6.07, 6.45) is 1.23. The van der Waals surface area contributed by atoms with E-state index in [-0.39, 0.29) is 11.6 Å². The molecule has 0 rings (SSSR count). The topological polar surface area (TPSA) is 34.1 Å². The van der Waals surface area contributed by atoms with Crippen molar-refractivity contribution in [3.05, 3.63) is 6.92 Å². The summed E-state index contributed by atoms with van der Waals surface area (Å²) in [5, 5.41) is 0. The number of hydrogen-bond donors (Lipinski definition) is 0. The zero-order valence-electron chi connectivity index (χ0n) is 6.52. The minimum Gasteiger partial charge on any atom is -0.299 e. The number of Topliss-reactive ketones (excluding diaryl/α,β-unsaturated/α-hetero) is 2. The van der Waals surface area contributed by atoms with Crippen LogP contribution >= 0.6 is 0 Å². The first-order valence-electron chi connectivity index (χ1n) is 3.39. The van der Waals surface area contributed by atoms with Crippen LogP contribution < -0.4 is 0 Å². The molecule has 2 nitrogen and oxygen atoms in total. The van der Waals surface area contributed by atoms with Crippen LogP contribution in [0.5, 0.6) is 0 Å². The molecule has 0 aliphatic carbocycles. The van der Waals surface area contributed by atoms with Crippen molar-refractivity contribution in [2.45, 2.75) is 26.7 Å². The molecular formula is C8H13O2. The largest absolute Gasteiger partial charge is 0.299 e. The van der Waals surface area contributed by atoms with Gasteiger partial charge in [-0.05, 0) is 20.3 Å². The fraction of sp³-hybridized carbons (Fsp3) is 0.625. The van der Waals surface area contributed by atoms with Crippen molar-refractivity contribution in [1.29, 1.82) is 0 Å². The smallest absolute Gasteiger partial charge is 0.140 e. The Balaban J connectivity index is 3.98. The molecule has 0 aromatic rings. The minimum absolute atomic E-state index is 0.0452. The van der Waals surface area contributed by atoms with Crippen LogP contribution in [-0.2, 0) is 9.59 Å². The summed E-state index contributed by atoms with van der Waals surface area (Å²) >= 11 is 0. The van der Waals surface area contributed by atoms with Gasteiger partial charge in [-0.3, -0.25) is 9.59 Å². The van der Waals surface area contributed by atoms with E-state index in [1.165, 1.54) is 13.8 Å². The Hall–Kier alpha value is -0.660. The monoisotopic (exact) mass is 141 g/mol. The number of ketones is 2. The molecule has 0 aliphatic rings. The van der Waals surface area contributed by atoms with E-state index in [0.717, 1.165) is 0 Å². The van der Waals surface area contributed by atoms with E-state index in [1.54, 1.807) is 0 Å². The first kappa shape index (κ1) is 9.34. The predicted molar refractivity (Wildman–Crippen MR) is 39.4 cm³/mol. The van der Waals surface area contributed by atoms with E-state index in [0.29, 0.717) is 12.8 Å². The number of carbonyl (C=O) groups excluding carboxylic acids is 2. The van der Waals surface area contributed by atoms with Gasteiger partial charge in [0.25, 0.3) is 0 Å². The Bertz CT molecular complexity index is 124. The van der Waals surface area contributed by atoms with Crippen molar-refractivity contribution in [1.82, 2.24) is 0 Å². The van der Waals surface area contributed by atoms with Crippen LogP contribution in [0.1, 0.15) is 26.7 Å². The number of carbonyl (C=O) groups is 2. The van der Waals surface area contributed by atoms with E-state index in [1.807, 2.05) is 0 Å². The van der Waals surface area contributed by atoms with Gasteiger partial charge in [-0.1, -0.05) is 13.3 Å². The van der Waals surface area contributed by atoms with Gasteiger partial charge in [-0.2, -0.15) is 0 Å². The van der Waals surface area contributed by atoms with E-state index in [9.17, 15) is 9.59 Å². The normalized spacial score (nSPS) is 10.0. The molecule has 0 unspecified atom stereocenters. The second kappa shape index (κ2) is 4.20. The second-order valence-corrected chi connectivity index (χ2v) is 2.42. The highest BCUT2D eigenvalue weighted by Crippen LogP contribution is 2.07. The molecule has 0 saturated carbocycles. The van der Waals surface area contributed by atoms with Gasteiger partial charge in [0.05, 0.1) is 5.92 Å². The third-order valence-corrected chi connectivity index (χ3v) is 1.47. The van der Waals surface area contributed by atoms with Crippen molar-refractivity contribution in [3.63, 3.8) is 0 Å². The summed E-state index contributed by atoms with van der Waals surface area (Å²) in [7, 11) is 0. The number of hydrogen-bond acceptors (Lipinski definition) is 2. The molecule has 57 valence electrons. The average Bonchev–Trinajstić information content (AvgIpc) is 1.81. The lowest BCUT2D eigenvalue weighted by Gasteiger charge is -2.06. The first-order valence-corrected chi connectivity index (χ1v) is 3.39. The van der Waals surface area contributed by atoms with Gasteiger partial charge in [-0.25, -0.2) is 0 Å². The maximum absolute atomic E-state index is 10.7. The second-order valence-electron chi connectivity index (χ2n) is 2.42. The molecule has 10 heavy (non-hydrogen) atoms. The summed E-state index contributed by atoms with van der Waals surface area (Å²) in [5.74, 6) is -0.496. The van der Waals surface area contributed by atoms with Crippen molar-refractivity contribution >= 4 is 11.6 Å². The zero-order chi connectivity index (χ0) is 8.15. The summed E-state index contributed by atoms with van der Waals surface area (Å²) in [6, 6.07) is 0. The number of rotatable bonds is 4. The van der Waals surface area contributed by atoms with Crippen LogP contribution in [0.15, 0.2) is 0 Å². The Morgan fingerprint density at radius 3 is 1.80 bits per heavy atom. The molecule has 2 heteroatoms. The quantitative estimate of drug-likeness (QED) is 0.554. The van der Waals surface area contributed by atoms with Gasteiger partial charge in [0, 0.05) is 0 Å². The first-order chi connectivity index (χ1) is 4.59. The molecule has 0 aromatic carbocycles. The van der Waals surface area contributed by atoms with Crippen molar-refractivity contribution in [3.8, 4) is 0 Å².